The van der Waals surface area contributed by atoms with Crippen LogP contribution in [0.15, 0.2) is 76.5 Å². The molecule has 3 aromatic rings. The number of hydrogen-bond donors (Lipinski definition) is 0. The number of nitrogens with zero attached hydrogens (tertiary/aromatic N) is 2. The summed E-state index contributed by atoms with van der Waals surface area (Å²) in [6.07, 6.45) is 3.41. The van der Waals surface area contributed by atoms with Crippen LogP contribution in [-0.2, 0) is 20.9 Å². The first-order valence-electron chi connectivity index (χ1n) is 13.8. The maximum absolute atomic E-state index is 13.7. The van der Waals surface area contributed by atoms with Crippen LogP contribution in [0.25, 0.3) is 6.08 Å². The van der Waals surface area contributed by atoms with Gasteiger partial charge in [-0.3, -0.25) is 14.4 Å². The number of benzene rings is 3. The van der Waals surface area contributed by atoms with E-state index in [2.05, 4.69) is 32.0 Å². The smallest absolute Gasteiger partial charge is 0.310 e. The molecule has 1 fully saturated rings. The van der Waals surface area contributed by atoms with Crippen LogP contribution in [-0.4, -0.2) is 42.4 Å². The van der Waals surface area contributed by atoms with E-state index in [0.29, 0.717) is 36.7 Å². The van der Waals surface area contributed by atoms with Gasteiger partial charge >= 0.3 is 5.97 Å². The lowest BCUT2D eigenvalue weighted by atomic mass is 9.97. The molecule has 5 rings (SSSR count). The highest BCUT2D eigenvalue weighted by atomic mass is 32.2. The quantitative estimate of drug-likeness (QED) is 0.261. The Hall–Kier alpha value is -3.84. The van der Waals surface area contributed by atoms with Crippen molar-refractivity contribution >= 4 is 41.3 Å². The van der Waals surface area contributed by atoms with Crippen molar-refractivity contribution in [3.8, 4) is 0 Å². The van der Waals surface area contributed by atoms with E-state index in [9.17, 15) is 14.4 Å². The predicted octanol–water partition coefficient (Wildman–Crippen LogP) is 6.40. The molecule has 0 saturated carbocycles. The molecule has 1 saturated heterocycles. The van der Waals surface area contributed by atoms with Gasteiger partial charge in [0.25, 0.3) is 11.8 Å². The van der Waals surface area contributed by atoms with Crippen molar-refractivity contribution < 1.29 is 19.1 Å². The number of amides is 2. The van der Waals surface area contributed by atoms with Gasteiger partial charge in [0, 0.05) is 23.5 Å². The van der Waals surface area contributed by atoms with Crippen molar-refractivity contribution in [2.75, 3.05) is 24.6 Å². The third-order valence-corrected chi connectivity index (χ3v) is 8.53. The molecule has 206 valence electrons. The number of esters is 1. The summed E-state index contributed by atoms with van der Waals surface area (Å²) in [6.45, 7) is 7.78. The van der Waals surface area contributed by atoms with Gasteiger partial charge in [0.05, 0.1) is 29.7 Å². The molecule has 2 aliphatic rings. The molecule has 3 aromatic carbocycles. The lowest BCUT2D eigenvalue weighted by molar-refractivity contribution is -0.149. The number of ether oxygens (including phenoxy) is 1. The minimum Gasteiger partial charge on any atom is -0.466 e. The van der Waals surface area contributed by atoms with Gasteiger partial charge in [-0.15, -0.1) is 0 Å². The van der Waals surface area contributed by atoms with E-state index in [1.807, 2.05) is 47.4 Å². The highest BCUT2D eigenvalue weighted by molar-refractivity contribution is 8.04. The molecular formula is C33H34N2O4S. The van der Waals surface area contributed by atoms with E-state index in [-0.39, 0.29) is 23.7 Å². The van der Waals surface area contributed by atoms with E-state index in [4.69, 9.17) is 4.74 Å². The van der Waals surface area contributed by atoms with Crippen molar-refractivity contribution in [3.63, 3.8) is 0 Å². The number of carbonyl (C=O) groups excluding carboxylic acids is 3. The Kier molecular flexibility index (Phi) is 8.40. The van der Waals surface area contributed by atoms with Gasteiger partial charge in [0.2, 0.25) is 0 Å². The topological polar surface area (TPSA) is 66.9 Å². The molecule has 0 aromatic heterocycles. The highest BCUT2D eigenvalue weighted by Crippen LogP contribution is 2.42. The first-order valence-corrected chi connectivity index (χ1v) is 14.6. The normalized spacial score (nSPS) is 18.0. The first-order chi connectivity index (χ1) is 19.3. The second kappa shape index (κ2) is 12.1. The summed E-state index contributed by atoms with van der Waals surface area (Å²) < 4.78 is 5.17. The number of rotatable bonds is 6. The number of anilines is 1. The molecule has 7 heteroatoms. The summed E-state index contributed by atoms with van der Waals surface area (Å²) >= 11 is 1.47. The molecule has 40 heavy (non-hydrogen) atoms. The number of piperidine rings is 1. The molecular weight excluding hydrogens is 520 g/mol. The fraction of sp³-hybridized carbons (Fsp3) is 0.303. The Balaban J connectivity index is 1.35. The van der Waals surface area contributed by atoms with Crippen LogP contribution in [0.1, 0.15) is 52.4 Å². The third-order valence-electron chi connectivity index (χ3n) is 7.45. The van der Waals surface area contributed by atoms with Gasteiger partial charge in [-0.25, -0.2) is 0 Å². The lowest BCUT2D eigenvalue weighted by Gasteiger charge is -2.31. The Bertz CT molecular complexity index is 1460. The van der Waals surface area contributed by atoms with E-state index >= 15 is 0 Å². The van der Waals surface area contributed by atoms with Gasteiger partial charge in [-0.1, -0.05) is 59.8 Å². The Labute approximate surface area is 240 Å². The summed E-state index contributed by atoms with van der Waals surface area (Å²) in [5.41, 5.74) is 5.78. The molecule has 0 radical (unpaired) electrons. The molecule has 2 aliphatic heterocycles. The molecule has 6 nitrogen and oxygen atoms in total. The molecule has 1 unspecified atom stereocenters. The van der Waals surface area contributed by atoms with Crippen molar-refractivity contribution in [2.24, 2.45) is 5.92 Å². The van der Waals surface area contributed by atoms with Gasteiger partial charge < -0.3 is 14.5 Å². The van der Waals surface area contributed by atoms with E-state index < -0.39 is 0 Å². The maximum Gasteiger partial charge on any atom is 0.310 e. The van der Waals surface area contributed by atoms with Crippen molar-refractivity contribution in [3.05, 3.63) is 99.5 Å². The molecule has 0 spiro atoms. The van der Waals surface area contributed by atoms with Gasteiger partial charge in [0.15, 0.2) is 0 Å². The second-order valence-corrected chi connectivity index (χ2v) is 11.4. The summed E-state index contributed by atoms with van der Waals surface area (Å²) in [6, 6.07) is 21.6. The number of fused-ring (bicyclic) bond motifs is 1. The molecule has 0 aliphatic carbocycles. The monoisotopic (exact) mass is 554 g/mol. The number of carbonyl (C=O) groups is 3. The van der Waals surface area contributed by atoms with Crippen LogP contribution in [0, 0.1) is 19.8 Å². The largest absolute Gasteiger partial charge is 0.466 e. The zero-order valence-electron chi connectivity index (χ0n) is 23.2. The number of aryl methyl sites for hydroxylation is 2. The third kappa shape index (κ3) is 5.99. The SMILES string of the molecule is CCOC(=O)C1CCCN(C(=O)c2ccc(/C=C3\Sc4ccccc4N(Cc4cc(C)ccc4C)C3=O)cc2)C1. The summed E-state index contributed by atoms with van der Waals surface area (Å²) in [5, 5.41) is 0. The zero-order valence-corrected chi connectivity index (χ0v) is 24.0. The molecule has 2 heterocycles. The number of thioether (sulfide) groups is 1. The zero-order chi connectivity index (χ0) is 28.2. The van der Waals surface area contributed by atoms with Crippen molar-refractivity contribution in [1.29, 1.82) is 0 Å². The van der Waals surface area contributed by atoms with E-state index in [1.165, 1.54) is 17.3 Å². The van der Waals surface area contributed by atoms with E-state index in [1.54, 1.807) is 24.0 Å². The van der Waals surface area contributed by atoms with Crippen LogP contribution in [0.2, 0.25) is 0 Å². The Morgan fingerprint density at radius 1 is 1.05 bits per heavy atom. The van der Waals surface area contributed by atoms with Crippen LogP contribution in [0.4, 0.5) is 5.69 Å². The maximum atomic E-state index is 13.7. The average Bonchev–Trinajstić information content (AvgIpc) is 2.97. The molecule has 0 bridgehead atoms. The number of hydrogen-bond acceptors (Lipinski definition) is 5. The fourth-order valence-electron chi connectivity index (χ4n) is 5.23. The Morgan fingerprint density at radius 3 is 2.60 bits per heavy atom. The minimum absolute atomic E-state index is 0.0388. The fourth-order valence-corrected chi connectivity index (χ4v) is 6.29. The summed E-state index contributed by atoms with van der Waals surface area (Å²) in [5.74, 6) is -0.636. The number of para-hydroxylation sites is 1. The molecule has 2 amide bonds. The Morgan fingerprint density at radius 2 is 1.82 bits per heavy atom. The van der Waals surface area contributed by atoms with E-state index in [0.717, 1.165) is 40.1 Å². The molecule has 0 N–H and O–H groups in total. The average molecular weight is 555 g/mol. The highest BCUT2D eigenvalue weighted by Gasteiger charge is 2.31. The number of likely N-dealkylation sites (tertiary alicyclic amines) is 1. The van der Waals surface area contributed by atoms with Gasteiger partial charge in [-0.05, 0) is 80.6 Å². The standard InChI is InChI=1S/C33H34N2O4S/c1-4-39-33(38)26-8-7-17-34(20-26)31(36)25-15-13-24(14-16-25)19-30-32(37)35(28-9-5-6-10-29(28)40-30)21-27-18-22(2)11-12-23(27)3/h5-6,9-16,18-19,26H,4,7-8,17,20-21H2,1-3H3/b30-19-. The predicted molar refractivity (Wildman–Crippen MR) is 159 cm³/mol. The van der Waals surface area contributed by atoms with Crippen LogP contribution >= 0.6 is 11.8 Å². The van der Waals surface area contributed by atoms with Crippen LogP contribution < -0.4 is 4.90 Å². The van der Waals surface area contributed by atoms with Crippen LogP contribution in [0.3, 0.4) is 0 Å². The summed E-state index contributed by atoms with van der Waals surface area (Å²) in [7, 11) is 0. The van der Waals surface area contributed by atoms with Crippen molar-refractivity contribution in [1.82, 2.24) is 4.90 Å². The van der Waals surface area contributed by atoms with Crippen molar-refractivity contribution in [2.45, 2.75) is 45.1 Å². The minimum atomic E-state index is -0.273. The molecule has 1 atom stereocenters. The lowest BCUT2D eigenvalue weighted by Crippen LogP contribution is -2.42. The summed E-state index contributed by atoms with van der Waals surface area (Å²) in [4.78, 5) is 44.4. The first kappa shape index (κ1) is 27.7. The second-order valence-electron chi connectivity index (χ2n) is 10.4. The van der Waals surface area contributed by atoms with Crippen LogP contribution in [0.5, 0.6) is 0 Å². The van der Waals surface area contributed by atoms with Gasteiger partial charge in [0.1, 0.15) is 0 Å². The van der Waals surface area contributed by atoms with Gasteiger partial charge in [-0.2, -0.15) is 0 Å².